The monoisotopic (exact) mass is 261 g/mol. The molecule has 1 heterocycles. The van der Waals surface area contributed by atoms with Gasteiger partial charge in [0.15, 0.2) is 5.82 Å². The molecule has 0 atom stereocenters. The average Bonchev–Trinajstić information content (AvgIpc) is 2.71. The number of benzene rings is 1. The molecule has 6 heteroatoms. The van der Waals surface area contributed by atoms with Crippen LogP contribution >= 0.6 is 0 Å². The normalized spacial score (nSPS) is 10.3. The van der Waals surface area contributed by atoms with Crippen LogP contribution in [-0.2, 0) is 0 Å². The van der Waals surface area contributed by atoms with Crippen molar-refractivity contribution >= 4 is 11.7 Å². The Bertz CT molecular complexity index is 620. The quantitative estimate of drug-likeness (QED) is 0.788. The predicted molar refractivity (Wildman–Crippen MR) is 70.7 cm³/mol. The van der Waals surface area contributed by atoms with Crippen molar-refractivity contribution in [3.05, 3.63) is 35.0 Å². The molecule has 3 N–H and O–H groups in total. The van der Waals surface area contributed by atoms with Gasteiger partial charge in [-0.3, -0.25) is 9.89 Å². The number of methoxy groups -OCH3 is 1. The van der Waals surface area contributed by atoms with Crippen molar-refractivity contribution in [1.82, 2.24) is 10.2 Å². The highest BCUT2D eigenvalue weighted by molar-refractivity contribution is 6.06. The van der Waals surface area contributed by atoms with Gasteiger partial charge in [-0.2, -0.15) is 5.10 Å². The third-order valence-electron chi connectivity index (χ3n) is 2.93. The van der Waals surface area contributed by atoms with E-state index in [9.17, 15) is 9.90 Å². The van der Waals surface area contributed by atoms with Gasteiger partial charge >= 0.3 is 0 Å². The Labute approximate surface area is 110 Å². The van der Waals surface area contributed by atoms with Crippen LogP contribution in [0.1, 0.15) is 21.6 Å². The van der Waals surface area contributed by atoms with Crippen LogP contribution in [0.15, 0.2) is 18.2 Å². The van der Waals surface area contributed by atoms with Gasteiger partial charge in [-0.25, -0.2) is 0 Å². The van der Waals surface area contributed by atoms with Gasteiger partial charge in [-0.05, 0) is 32.0 Å². The average molecular weight is 261 g/mol. The molecular weight excluding hydrogens is 246 g/mol. The Hall–Kier alpha value is -2.50. The second-order valence-electron chi connectivity index (χ2n) is 4.16. The number of H-pyrrole nitrogens is 1. The Morgan fingerprint density at radius 1 is 1.42 bits per heavy atom. The molecule has 0 bridgehead atoms. The SMILES string of the molecule is COc1ccc(O)c(C(=O)Nc2n[nH]c(C)c2C)c1. The Balaban J connectivity index is 2.27. The van der Waals surface area contributed by atoms with E-state index in [0.717, 1.165) is 11.3 Å². The standard InChI is InChI=1S/C13H15N3O3/c1-7-8(2)15-16-12(7)14-13(18)10-6-9(19-3)4-5-11(10)17/h4-6,17H,1-3H3,(H2,14,15,16,18). The fourth-order valence-electron chi connectivity index (χ4n) is 1.61. The summed E-state index contributed by atoms with van der Waals surface area (Å²) in [6, 6.07) is 4.46. The Morgan fingerprint density at radius 3 is 2.74 bits per heavy atom. The van der Waals surface area contributed by atoms with Gasteiger partial charge in [0.1, 0.15) is 11.5 Å². The minimum atomic E-state index is -0.439. The van der Waals surface area contributed by atoms with Gasteiger partial charge in [0.05, 0.1) is 12.7 Å². The van der Waals surface area contributed by atoms with Gasteiger partial charge < -0.3 is 15.2 Å². The van der Waals surface area contributed by atoms with Crippen LogP contribution in [0.25, 0.3) is 0 Å². The van der Waals surface area contributed by atoms with E-state index in [4.69, 9.17) is 4.74 Å². The van der Waals surface area contributed by atoms with Crippen molar-refractivity contribution in [3.8, 4) is 11.5 Å². The van der Waals surface area contributed by atoms with Gasteiger partial charge in [0, 0.05) is 11.3 Å². The number of rotatable bonds is 3. The summed E-state index contributed by atoms with van der Waals surface area (Å²) in [5.41, 5.74) is 1.88. The fourth-order valence-corrected chi connectivity index (χ4v) is 1.61. The maximum Gasteiger partial charge on any atom is 0.260 e. The molecule has 2 aromatic rings. The summed E-state index contributed by atoms with van der Waals surface area (Å²) in [5, 5.41) is 19.1. The Kier molecular flexibility index (Phi) is 3.41. The first-order valence-corrected chi connectivity index (χ1v) is 5.73. The number of phenols is 1. The first-order chi connectivity index (χ1) is 9.02. The second-order valence-corrected chi connectivity index (χ2v) is 4.16. The minimum Gasteiger partial charge on any atom is -0.507 e. The summed E-state index contributed by atoms with van der Waals surface area (Å²) < 4.78 is 5.03. The number of anilines is 1. The van der Waals surface area contributed by atoms with E-state index in [-0.39, 0.29) is 11.3 Å². The highest BCUT2D eigenvalue weighted by atomic mass is 16.5. The number of hydrogen-bond donors (Lipinski definition) is 3. The summed E-state index contributed by atoms with van der Waals surface area (Å²) in [5.74, 6) is 0.400. The molecule has 6 nitrogen and oxygen atoms in total. The third-order valence-corrected chi connectivity index (χ3v) is 2.93. The molecule has 0 saturated carbocycles. The van der Waals surface area contributed by atoms with Crippen LogP contribution in [0.2, 0.25) is 0 Å². The van der Waals surface area contributed by atoms with Crippen LogP contribution < -0.4 is 10.1 Å². The first-order valence-electron chi connectivity index (χ1n) is 5.73. The van der Waals surface area contributed by atoms with Crippen LogP contribution in [-0.4, -0.2) is 28.3 Å². The molecule has 1 amide bonds. The smallest absolute Gasteiger partial charge is 0.260 e. The van der Waals surface area contributed by atoms with Crippen molar-refractivity contribution in [1.29, 1.82) is 0 Å². The van der Waals surface area contributed by atoms with E-state index in [1.807, 2.05) is 13.8 Å². The second kappa shape index (κ2) is 5.01. The number of ether oxygens (including phenoxy) is 1. The molecule has 0 radical (unpaired) electrons. The summed E-state index contributed by atoms with van der Waals surface area (Å²) in [4.78, 5) is 12.1. The lowest BCUT2D eigenvalue weighted by Crippen LogP contribution is -2.13. The van der Waals surface area contributed by atoms with Crippen LogP contribution in [0.5, 0.6) is 11.5 Å². The molecule has 0 aliphatic heterocycles. The number of carbonyl (C=O) groups is 1. The van der Waals surface area contributed by atoms with E-state index in [0.29, 0.717) is 11.6 Å². The van der Waals surface area contributed by atoms with Gasteiger partial charge in [-0.1, -0.05) is 0 Å². The molecule has 0 aliphatic rings. The van der Waals surface area contributed by atoms with Gasteiger partial charge in [0.25, 0.3) is 5.91 Å². The zero-order valence-electron chi connectivity index (χ0n) is 10.9. The van der Waals surface area contributed by atoms with Crippen LogP contribution in [0.4, 0.5) is 5.82 Å². The maximum atomic E-state index is 12.1. The summed E-state index contributed by atoms with van der Waals surface area (Å²) in [7, 11) is 1.50. The topological polar surface area (TPSA) is 87.2 Å². The predicted octanol–water partition coefficient (Wildman–Crippen LogP) is 1.99. The van der Waals surface area contributed by atoms with Gasteiger partial charge in [-0.15, -0.1) is 0 Å². The molecule has 0 spiro atoms. The molecule has 19 heavy (non-hydrogen) atoms. The van der Waals surface area contributed by atoms with E-state index >= 15 is 0 Å². The molecule has 0 aliphatic carbocycles. The number of nitrogens with one attached hydrogen (secondary N) is 2. The van der Waals surface area contributed by atoms with Crippen molar-refractivity contribution in [2.24, 2.45) is 0 Å². The number of aromatic amines is 1. The summed E-state index contributed by atoms with van der Waals surface area (Å²) in [6.45, 7) is 3.71. The number of phenolic OH excluding ortho intramolecular Hbond substituents is 1. The highest BCUT2D eigenvalue weighted by Gasteiger charge is 2.15. The van der Waals surface area contributed by atoms with Crippen molar-refractivity contribution in [3.63, 3.8) is 0 Å². The van der Waals surface area contributed by atoms with Crippen LogP contribution in [0.3, 0.4) is 0 Å². The number of aromatic hydroxyl groups is 1. The van der Waals surface area contributed by atoms with E-state index in [2.05, 4.69) is 15.5 Å². The number of nitrogens with zero attached hydrogens (tertiary/aromatic N) is 1. The maximum absolute atomic E-state index is 12.1. The fraction of sp³-hybridized carbons (Fsp3) is 0.231. The lowest BCUT2D eigenvalue weighted by Gasteiger charge is -2.07. The molecule has 1 aromatic heterocycles. The molecule has 0 fully saturated rings. The minimum absolute atomic E-state index is 0.108. The molecule has 1 aromatic carbocycles. The lowest BCUT2D eigenvalue weighted by molar-refractivity contribution is 0.102. The lowest BCUT2D eigenvalue weighted by atomic mass is 10.1. The number of hydrogen-bond acceptors (Lipinski definition) is 4. The van der Waals surface area contributed by atoms with Gasteiger partial charge in [0.2, 0.25) is 0 Å². The highest BCUT2D eigenvalue weighted by Crippen LogP contribution is 2.24. The first kappa shape index (κ1) is 12.9. The van der Waals surface area contributed by atoms with Crippen LogP contribution in [0, 0.1) is 13.8 Å². The molecular formula is C13H15N3O3. The van der Waals surface area contributed by atoms with E-state index < -0.39 is 5.91 Å². The zero-order valence-corrected chi connectivity index (χ0v) is 10.9. The van der Waals surface area contributed by atoms with Crippen molar-refractivity contribution in [2.75, 3.05) is 12.4 Å². The number of aromatic nitrogens is 2. The van der Waals surface area contributed by atoms with E-state index in [1.165, 1.54) is 19.2 Å². The molecule has 100 valence electrons. The zero-order chi connectivity index (χ0) is 14.0. The third kappa shape index (κ3) is 2.52. The number of carbonyl (C=O) groups excluding carboxylic acids is 1. The van der Waals surface area contributed by atoms with E-state index in [1.54, 1.807) is 6.07 Å². The number of aryl methyl sites for hydroxylation is 1. The number of amides is 1. The molecule has 0 saturated heterocycles. The Morgan fingerprint density at radius 2 is 2.16 bits per heavy atom. The molecule has 0 unspecified atom stereocenters. The van der Waals surface area contributed by atoms with Crippen molar-refractivity contribution < 1.29 is 14.6 Å². The summed E-state index contributed by atoms with van der Waals surface area (Å²) >= 11 is 0. The largest absolute Gasteiger partial charge is 0.507 e. The summed E-state index contributed by atoms with van der Waals surface area (Å²) in [6.07, 6.45) is 0. The van der Waals surface area contributed by atoms with Crippen molar-refractivity contribution in [2.45, 2.75) is 13.8 Å². The molecule has 2 rings (SSSR count).